The molecule has 2 rings (SSSR count). The molecule has 0 radical (unpaired) electrons. The number of halogens is 1. The Balaban J connectivity index is 2.06. The average molecular weight is 289 g/mol. The van der Waals surface area contributed by atoms with Crippen molar-refractivity contribution in [3.05, 3.63) is 59.2 Å². The van der Waals surface area contributed by atoms with Crippen LogP contribution in [0.4, 0.5) is 4.39 Å². The normalized spacial score (nSPS) is 10.0. The lowest BCUT2D eigenvalue weighted by molar-refractivity contribution is 0.0600. The van der Waals surface area contributed by atoms with Crippen LogP contribution < -0.4 is 4.74 Å². The Morgan fingerprint density at radius 2 is 2.14 bits per heavy atom. The number of rotatable bonds is 5. The minimum atomic E-state index is -0.509. The molecular weight excluding hydrogens is 277 g/mol. The maximum Gasteiger partial charge on any atom is 0.339 e. The highest BCUT2D eigenvalue weighted by atomic mass is 19.1. The molecule has 0 aliphatic heterocycles. The molecule has 0 N–H and O–H groups in total. The van der Waals surface area contributed by atoms with E-state index in [1.807, 2.05) is 0 Å². The summed E-state index contributed by atoms with van der Waals surface area (Å²) in [7, 11) is 1.29. The largest absolute Gasteiger partial charge is 0.487 e. The van der Waals surface area contributed by atoms with Crippen molar-refractivity contribution in [2.45, 2.75) is 6.61 Å². The number of carbonyl (C=O) groups is 2. The number of hydrogen-bond donors (Lipinski definition) is 0. The fourth-order valence-corrected chi connectivity index (χ4v) is 1.64. The van der Waals surface area contributed by atoms with E-state index in [0.29, 0.717) is 17.5 Å². The quantitative estimate of drug-likeness (QED) is 0.624. The minimum Gasteiger partial charge on any atom is -0.487 e. The number of pyridine rings is 1. The average Bonchev–Trinajstić information content (AvgIpc) is 2.53. The Kier molecular flexibility index (Phi) is 4.61. The van der Waals surface area contributed by atoms with Crippen LogP contribution >= 0.6 is 0 Å². The van der Waals surface area contributed by atoms with E-state index in [9.17, 15) is 14.0 Å². The molecule has 0 fully saturated rings. The summed E-state index contributed by atoms with van der Waals surface area (Å²) in [5.74, 6) is -0.716. The van der Waals surface area contributed by atoms with Crippen molar-refractivity contribution >= 4 is 12.3 Å². The molecule has 0 spiro atoms. The molecule has 1 heterocycles. The number of hydrogen-bond acceptors (Lipinski definition) is 5. The maximum atomic E-state index is 13.0. The second-order valence-electron chi connectivity index (χ2n) is 4.12. The second-order valence-corrected chi connectivity index (χ2v) is 4.12. The lowest BCUT2D eigenvalue weighted by Gasteiger charge is -2.08. The maximum absolute atomic E-state index is 13.0. The van der Waals surface area contributed by atoms with Gasteiger partial charge in [0.2, 0.25) is 0 Å². The standard InChI is InChI=1S/C15H12FNO4/c1-20-15(19)10-2-4-13(17-7-10)9-21-14-5-3-12(16)6-11(14)8-18/h2-8H,9H2,1H3. The molecule has 0 aliphatic rings. The summed E-state index contributed by atoms with van der Waals surface area (Å²) < 4.78 is 23.0. The smallest absolute Gasteiger partial charge is 0.339 e. The number of carbonyl (C=O) groups excluding carboxylic acids is 2. The van der Waals surface area contributed by atoms with E-state index >= 15 is 0 Å². The highest BCUT2D eigenvalue weighted by molar-refractivity contribution is 5.88. The predicted molar refractivity (Wildman–Crippen MR) is 71.7 cm³/mol. The van der Waals surface area contributed by atoms with Crippen LogP contribution in [0.1, 0.15) is 26.4 Å². The number of esters is 1. The van der Waals surface area contributed by atoms with Crippen molar-refractivity contribution in [2.75, 3.05) is 7.11 Å². The predicted octanol–water partition coefficient (Wildman–Crippen LogP) is 2.40. The molecule has 108 valence electrons. The Morgan fingerprint density at radius 1 is 1.33 bits per heavy atom. The Labute approximate surface area is 120 Å². The summed E-state index contributed by atoms with van der Waals surface area (Å²) in [5, 5.41) is 0. The summed E-state index contributed by atoms with van der Waals surface area (Å²) in [6.45, 7) is 0.0912. The van der Waals surface area contributed by atoms with Crippen molar-refractivity contribution < 1.29 is 23.5 Å². The van der Waals surface area contributed by atoms with Crippen LogP contribution in [-0.2, 0) is 11.3 Å². The lowest BCUT2D eigenvalue weighted by atomic mass is 10.2. The van der Waals surface area contributed by atoms with Crippen LogP contribution in [-0.4, -0.2) is 24.3 Å². The topological polar surface area (TPSA) is 65.5 Å². The van der Waals surface area contributed by atoms with Gasteiger partial charge in [0.1, 0.15) is 18.2 Å². The third kappa shape index (κ3) is 3.62. The van der Waals surface area contributed by atoms with Gasteiger partial charge in [-0.05, 0) is 30.3 Å². The van der Waals surface area contributed by atoms with Gasteiger partial charge in [0.15, 0.2) is 6.29 Å². The van der Waals surface area contributed by atoms with Crippen molar-refractivity contribution in [3.8, 4) is 5.75 Å². The molecule has 0 amide bonds. The monoisotopic (exact) mass is 289 g/mol. The molecule has 0 saturated heterocycles. The summed E-state index contributed by atoms with van der Waals surface area (Å²) >= 11 is 0. The van der Waals surface area contributed by atoms with Crippen LogP contribution in [0.3, 0.4) is 0 Å². The molecule has 21 heavy (non-hydrogen) atoms. The van der Waals surface area contributed by atoms with Crippen LogP contribution in [0.5, 0.6) is 5.75 Å². The van der Waals surface area contributed by atoms with E-state index in [0.717, 1.165) is 6.07 Å². The van der Waals surface area contributed by atoms with E-state index in [2.05, 4.69) is 9.72 Å². The van der Waals surface area contributed by atoms with Crippen LogP contribution in [0.25, 0.3) is 0 Å². The molecule has 0 unspecified atom stereocenters. The van der Waals surface area contributed by atoms with Crippen molar-refractivity contribution in [3.63, 3.8) is 0 Å². The Bertz CT molecular complexity index is 655. The molecule has 0 atom stereocenters. The van der Waals surface area contributed by atoms with Gasteiger partial charge < -0.3 is 9.47 Å². The molecule has 1 aromatic carbocycles. The number of ether oxygens (including phenoxy) is 2. The van der Waals surface area contributed by atoms with Gasteiger partial charge >= 0.3 is 5.97 Å². The van der Waals surface area contributed by atoms with E-state index < -0.39 is 11.8 Å². The molecule has 5 nitrogen and oxygen atoms in total. The first kappa shape index (κ1) is 14.6. The fourth-order valence-electron chi connectivity index (χ4n) is 1.64. The van der Waals surface area contributed by atoms with Crippen LogP contribution in [0, 0.1) is 5.82 Å². The first-order chi connectivity index (χ1) is 10.1. The second kappa shape index (κ2) is 6.60. The zero-order valence-electron chi connectivity index (χ0n) is 11.2. The van der Waals surface area contributed by atoms with Gasteiger partial charge in [0, 0.05) is 6.20 Å². The van der Waals surface area contributed by atoms with Crippen molar-refractivity contribution in [1.29, 1.82) is 0 Å². The Morgan fingerprint density at radius 3 is 2.76 bits per heavy atom. The summed E-state index contributed by atoms with van der Waals surface area (Å²) in [6.07, 6.45) is 1.89. The number of benzene rings is 1. The van der Waals surface area contributed by atoms with E-state index in [4.69, 9.17) is 4.74 Å². The van der Waals surface area contributed by atoms with E-state index in [-0.39, 0.29) is 17.9 Å². The minimum absolute atomic E-state index is 0.0912. The molecular formula is C15H12FNO4. The highest BCUT2D eigenvalue weighted by Crippen LogP contribution is 2.19. The van der Waals surface area contributed by atoms with Gasteiger partial charge in [-0.2, -0.15) is 0 Å². The van der Waals surface area contributed by atoms with Crippen molar-refractivity contribution in [2.24, 2.45) is 0 Å². The van der Waals surface area contributed by atoms with E-state index in [1.54, 1.807) is 12.1 Å². The summed E-state index contributed by atoms with van der Waals surface area (Å²) in [4.78, 5) is 26.1. The van der Waals surface area contributed by atoms with Crippen molar-refractivity contribution in [1.82, 2.24) is 4.98 Å². The molecule has 0 saturated carbocycles. The molecule has 6 heteroatoms. The number of aromatic nitrogens is 1. The zero-order valence-corrected chi connectivity index (χ0v) is 11.2. The molecule has 0 aliphatic carbocycles. The number of methoxy groups -OCH3 is 1. The zero-order chi connectivity index (χ0) is 15.2. The molecule has 0 bridgehead atoms. The number of aldehydes is 1. The SMILES string of the molecule is COC(=O)c1ccc(COc2ccc(F)cc2C=O)nc1. The fraction of sp³-hybridized carbons (Fsp3) is 0.133. The van der Waals surface area contributed by atoms with Gasteiger partial charge in [0.05, 0.1) is 23.9 Å². The first-order valence-corrected chi connectivity index (χ1v) is 6.05. The molecule has 1 aromatic heterocycles. The summed E-state index contributed by atoms with van der Waals surface area (Å²) in [6, 6.07) is 6.84. The number of nitrogens with zero attached hydrogens (tertiary/aromatic N) is 1. The van der Waals surface area contributed by atoms with Gasteiger partial charge in [-0.3, -0.25) is 9.78 Å². The van der Waals surface area contributed by atoms with Gasteiger partial charge in [0.25, 0.3) is 0 Å². The third-order valence-electron chi connectivity index (χ3n) is 2.72. The van der Waals surface area contributed by atoms with Gasteiger partial charge in [-0.1, -0.05) is 0 Å². The highest BCUT2D eigenvalue weighted by Gasteiger charge is 2.08. The van der Waals surface area contributed by atoms with Gasteiger partial charge in [-0.15, -0.1) is 0 Å². The third-order valence-corrected chi connectivity index (χ3v) is 2.72. The summed E-state index contributed by atoms with van der Waals surface area (Å²) in [5.41, 5.74) is 1.02. The van der Waals surface area contributed by atoms with Crippen LogP contribution in [0.15, 0.2) is 36.5 Å². The van der Waals surface area contributed by atoms with E-state index in [1.165, 1.54) is 25.4 Å². The van der Waals surface area contributed by atoms with Crippen LogP contribution in [0.2, 0.25) is 0 Å². The van der Waals surface area contributed by atoms with Gasteiger partial charge in [-0.25, -0.2) is 9.18 Å². The Hall–Kier alpha value is -2.76. The lowest BCUT2D eigenvalue weighted by Crippen LogP contribution is -2.04. The molecule has 2 aromatic rings. The first-order valence-electron chi connectivity index (χ1n) is 6.05.